The van der Waals surface area contributed by atoms with Gasteiger partial charge in [0.05, 0.1) is 23.9 Å². The molecule has 1 atom stereocenters. The van der Waals surface area contributed by atoms with Crippen molar-refractivity contribution in [2.24, 2.45) is 5.92 Å². The number of amides is 1. The number of anilines is 1. The smallest absolute Gasteiger partial charge is 0.239 e. The molecular formula is C14H21ClN2O2. The maximum atomic E-state index is 11.7. The molecule has 1 amide bonds. The van der Waals surface area contributed by atoms with Crippen molar-refractivity contribution in [1.82, 2.24) is 5.32 Å². The second kappa shape index (κ2) is 7.36. The molecule has 0 bridgehead atoms. The molecule has 0 spiro atoms. The normalized spacial score (nSPS) is 12.3. The summed E-state index contributed by atoms with van der Waals surface area (Å²) in [6, 6.07) is 5.31. The van der Waals surface area contributed by atoms with Gasteiger partial charge in [0.1, 0.15) is 0 Å². The van der Waals surface area contributed by atoms with E-state index in [-0.39, 0.29) is 25.1 Å². The van der Waals surface area contributed by atoms with Crippen LogP contribution in [0.5, 0.6) is 0 Å². The van der Waals surface area contributed by atoms with Gasteiger partial charge in [0, 0.05) is 6.04 Å². The number of rotatable bonds is 6. The van der Waals surface area contributed by atoms with Gasteiger partial charge in [-0.05, 0) is 30.5 Å². The van der Waals surface area contributed by atoms with Crippen LogP contribution in [-0.2, 0) is 11.4 Å². The second-order valence-corrected chi connectivity index (χ2v) is 5.33. The molecule has 0 aliphatic rings. The summed E-state index contributed by atoms with van der Waals surface area (Å²) in [5, 5.41) is 15.5. The summed E-state index contributed by atoms with van der Waals surface area (Å²) in [5.41, 5.74) is 1.41. The highest BCUT2D eigenvalue weighted by atomic mass is 35.5. The first-order valence-electron chi connectivity index (χ1n) is 6.36. The van der Waals surface area contributed by atoms with Gasteiger partial charge in [-0.15, -0.1) is 0 Å². The highest BCUT2D eigenvalue weighted by molar-refractivity contribution is 6.33. The van der Waals surface area contributed by atoms with Crippen molar-refractivity contribution < 1.29 is 9.90 Å². The van der Waals surface area contributed by atoms with Crippen LogP contribution in [0.15, 0.2) is 18.2 Å². The standard InChI is InChI=1S/C14H21ClN2O2/c1-9(2)10(3)17-14(19)7-16-13-6-11(8-18)4-5-12(13)15/h4-6,9-10,16,18H,7-8H2,1-3H3,(H,17,19). The second-order valence-electron chi connectivity index (χ2n) is 4.93. The molecular weight excluding hydrogens is 264 g/mol. The number of carbonyl (C=O) groups is 1. The maximum absolute atomic E-state index is 11.7. The van der Waals surface area contributed by atoms with E-state index in [1.807, 2.05) is 6.92 Å². The average molecular weight is 285 g/mol. The van der Waals surface area contributed by atoms with E-state index in [2.05, 4.69) is 24.5 Å². The number of aliphatic hydroxyl groups is 1. The molecule has 0 radical (unpaired) electrons. The Kier molecular flexibility index (Phi) is 6.12. The molecule has 4 nitrogen and oxygen atoms in total. The molecule has 0 saturated carbocycles. The number of aliphatic hydroxyl groups excluding tert-OH is 1. The van der Waals surface area contributed by atoms with Crippen LogP contribution < -0.4 is 10.6 Å². The fourth-order valence-electron chi connectivity index (χ4n) is 1.45. The lowest BCUT2D eigenvalue weighted by atomic mass is 10.1. The summed E-state index contributed by atoms with van der Waals surface area (Å²) in [5.74, 6) is 0.317. The fraction of sp³-hybridized carbons (Fsp3) is 0.500. The highest BCUT2D eigenvalue weighted by Gasteiger charge is 2.11. The van der Waals surface area contributed by atoms with Gasteiger partial charge in [-0.25, -0.2) is 0 Å². The van der Waals surface area contributed by atoms with Crippen molar-refractivity contribution in [2.45, 2.75) is 33.4 Å². The first kappa shape index (κ1) is 15.8. The Morgan fingerprint density at radius 2 is 2.05 bits per heavy atom. The van der Waals surface area contributed by atoms with E-state index in [0.29, 0.717) is 16.6 Å². The minimum atomic E-state index is -0.0772. The van der Waals surface area contributed by atoms with Gasteiger partial charge in [-0.3, -0.25) is 4.79 Å². The quantitative estimate of drug-likeness (QED) is 0.752. The number of benzene rings is 1. The van der Waals surface area contributed by atoms with Crippen LogP contribution in [0.3, 0.4) is 0 Å². The third-order valence-electron chi connectivity index (χ3n) is 3.04. The molecule has 1 aromatic carbocycles. The number of hydrogen-bond donors (Lipinski definition) is 3. The number of carbonyl (C=O) groups excluding carboxylic acids is 1. The molecule has 19 heavy (non-hydrogen) atoms. The Labute approximate surface area is 119 Å². The molecule has 0 aliphatic heterocycles. The molecule has 3 N–H and O–H groups in total. The van der Waals surface area contributed by atoms with Crippen LogP contribution in [0.25, 0.3) is 0 Å². The van der Waals surface area contributed by atoms with Gasteiger partial charge in [0.25, 0.3) is 0 Å². The molecule has 0 heterocycles. The maximum Gasteiger partial charge on any atom is 0.239 e. The molecule has 0 aliphatic carbocycles. The lowest BCUT2D eigenvalue weighted by Gasteiger charge is -2.18. The van der Waals surface area contributed by atoms with Gasteiger partial charge < -0.3 is 15.7 Å². The number of hydrogen-bond acceptors (Lipinski definition) is 3. The third kappa shape index (κ3) is 5.09. The summed E-state index contributed by atoms with van der Waals surface area (Å²) in [6.45, 7) is 6.19. The van der Waals surface area contributed by atoms with Crippen molar-refractivity contribution in [1.29, 1.82) is 0 Å². The molecule has 1 aromatic rings. The summed E-state index contributed by atoms with van der Waals surface area (Å²) >= 11 is 6.02. The van der Waals surface area contributed by atoms with Crippen LogP contribution in [0.1, 0.15) is 26.3 Å². The molecule has 0 saturated heterocycles. The first-order chi connectivity index (χ1) is 8.93. The number of halogens is 1. The SMILES string of the molecule is CC(C)C(C)NC(=O)CNc1cc(CO)ccc1Cl. The topological polar surface area (TPSA) is 61.4 Å². The van der Waals surface area contributed by atoms with Crippen molar-refractivity contribution >= 4 is 23.2 Å². The van der Waals surface area contributed by atoms with Crippen molar-refractivity contribution in [3.63, 3.8) is 0 Å². The summed E-state index contributed by atoms with van der Waals surface area (Å²) < 4.78 is 0. The van der Waals surface area contributed by atoms with Crippen LogP contribution in [-0.4, -0.2) is 23.6 Å². The van der Waals surface area contributed by atoms with Gasteiger partial charge in [-0.1, -0.05) is 31.5 Å². The van der Waals surface area contributed by atoms with Gasteiger partial charge in [0.15, 0.2) is 0 Å². The van der Waals surface area contributed by atoms with Crippen LogP contribution in [0, 0.1) is 5.92 Å². The predicted molar refractivity (Wildman–Crippen MR) is 78.3 cm³/mol. The molecule has 0 aromatic heterocycles. The van der Waals surface area contributed by atoms with Gasteiger partial charge in [-0.2, -0.15) is 0 Å². The third-order valence-corrected chi connectivity index (χ3v) is 3.37. The fourth-order valence-corrected chi connectivity index (χ4v) is 1.64. The zero-order valence-electron chi connectivity index (χ0n) is 11.5. The largest absolute Gasteiger partial charge is 0.392 e. The van der Waals surface area contributed by atoms with E-state index < -0.39 is 0 Å². The van der Waals surface area contributed by atoms with Gasteiger partial charge in [0.2, 0.25) is 5.91 Å². The Hall–Kier alpha value is -1.26. The summed E-state index contributed by atoms with van der Waals surface area (Å²) in [7, 11) is 0. The molecule has 0 fully saturated rings. The zero-order valence-corrected chi connectivity index (χ0v) is 12.3. The van der Waals surface area contributed by atoms with E-state index in [0.717, 1.165) is 5.56 Å². The predicted octanol–water partition coefficient (Wildman–Crippen LogP) is 2.40. The van der Waals surface area contributed by atoms with Crippen LogP contribution in [0.4, 0.5) is 5.69 Å². The van der Waals surface area contributed by atoms with E-state index in [1.165, 1.54) is 0 Å². The van der Waals surface area contributed by atoms with Crippen molar-refractivity contribution in [3.05, 3.63) is 28.8 Å². The monoisotopic (exact) mass is 284 g/mol. The van der Waals surface area contributed by atoms with Crippen molar-refractivity contribution in [3.8, 4) is 0 Å². The van der Waals surface area contributed by atoms with Crippen molar-refractivity contribution in [2.75, 3.05) is 11.9 Å². The highest BCUT2D eigenvalue weighted by Crippen LogP contribution is 2.22. The Morgan fingerprint density at radius 3 is 2.63 bits per heavy atom. The molecule has 5 heteroatoms. The Morgan fingerprint density at radius 1 is 1.37 bits per heavy atom. The summed E-state index contributed by atoms with van der Waals surface area (Å²) in [6.07, 6.45) is 0. The number of nitrogens with one attached hydrogen (secondary N) is 2. The molecule has 1 unspecified atom stereocenters. The zero-order chi connectivity index (χ0) is 14.4. The Balaban J connectivity index is 2.54. The van der Waals surface area contributed by atoms with Gasteiger partial charge >= 0.3 is 0 Å². The lowest BCUT2D eigenvalue weighted by Crippen LogP contribution is -2.39. The average Bonchev–Trinajstić information content (AvgIpc) is 2.37. The Bertz CT molecular complexity index is 435. The van der Waals surface area contributed by atoms with E-state index in [4.69, 9.17) is 16.7 Å². The molecule has 1 rings (SSSR count). The molecule has 106 valence electrons. The van der Waals surface area contributed by atoms with E-state index in [9.17, 15) is 4.79 Å². The lowest BCUT2D eigenvalue weighted by molar-refractivity contribution is -0.120. The van der Waals surface area contributed by atoms with Crippen LogP contribution in [0.2, 0.25) is 5.02 Å². The minimum absolute atomic E-state index is 0.0531. The first-order valence-corrected chi connectivity index (χ1v) is 6.74. The summed E-state index contributed by atoms with van der Waals surface area (Å²) in [4.78, 5) is 11.7. The minimum Gasteiger partial charge on any atom is -0.392 e. The van der Waals surface area contributed by atoms with Crippen LogP contribution >= 0.6 is 11.6 Å². The van der Waals surface area contributed by atoms with E-state index in [1.54, 1.807) is 18.2 Å². The van der Waals surface area contributed by atoms with E-state index >= 15 is 0 Å².